The Balaban J connectivity index is 0.00000361. The zero-order chi connectivity index (χ0) is 24.9. The van der Waals surface area contributed by atoms with E-state index in [1.807, 2.05) is 47.2 Å². The molecule has 0 spiro atoms. The minimum absolute atomic E-state index is 0. The maximum atomic E-state index is 11.5. The van der Waals surface area contributed by atoms with Gasteiger partial charge in [0.2, 0.25) is 5.52 Å². The van der Waals surface area contributed by atoms with Gasteiger partial charge in [-0.15, -0.1) is 0 Å². The summed E-state index contributed by atoms with van der Waals surface area (Å²) in [5.41, 5.74) is 3.11. The van der Waals surface area contributed by atoms with Gasteiger partial charge in [0, 0.05) is 41.3 Å². The molecule has 3 aromatic carbocycles. The number of hydrogen-bond donors (Lipinski definition) is 1. The molecule has 0 amide bonds. The van der Waals surface area contributed by atoms with Crippen molar-refractivity contribution in [3.63, 3.8) is 0 Å². The van der Waals surface area contributed by atoms with E-state index < -0.39 is 26.1 Å². The third kappa shape index (κ3) is 5.64. The number of fused-ring (bicyclic) bond motifs is 1. The van der Waals surface area contributed by atoms with Crippen molar-refractivity contribution < 1.29 is 36.3 Å². The summed E-state index contributed by atoms with van der Waals surface area (Å²) in [5, 5.41) is 39.1. The summed E-state index contributed by atoms with van der Waals surface area (Å²) in [6, 6.07) is 20.4. The molecule has 1 N–H and O–H groups in total. The Morgan fingerprint density at radius 1 is 0.806 bits per heavy atom. The van der Waals surface area contributed by atoms with E-state index in [0.717, 1.165) is 23.0 Å². The van der Waals surface area contributed by atoms with Crippen molar-refractivity contribution in [2.24, 2.45) is 5.10 Å². The lowest BCUT2D eigenvalue weighted by Crippen LogP contribution is -3.00. The fourth-order valence-electron chi connectivity index (χ4n) is 3.52. The number of hydrogen-bond acceptors (Lipinski definition) is 8. The standard InChI is InChI=1S/C23H17N6O6.BrH/c30-27(31)18-8-3-6-17(13-18)21(15-26-12-4-7-16-5-1-2-9-22(16)26)25-24-20-11-10-19(28(32)33)14-23(20)29(34)35;/h1-14,24H,15H2;1H/q+1;/p-1/b25-21+;. The number of nitro benzene ring substituents is 3. The molecule has 0 unspecified atom stereocenters. The van der Waals surface area contributed by atoms with Crippen molar-refractivity contribution in [1.29, 1.82) is 0 Å². The molecule has 0 radical (unpaired) electrons. The van der Waals surface area contributed by atoms with Gasteiger partial charge in [-0.2, -0.15) is 9.67 Å². The number of pyridine rings is 1. The molecule has 0 atom stereocenters. The van der Waals surface area contributed by atoms with E-state index in [4.69, 9.17) is 0 Å². The molecule has 1 heterocycles. The van der Waals surface area contributed by atoms with E-state index in [0.29, 0.717) is 11.3 Å². The first kappa shape index (κ1) is 25.8. The Hall–Kier alpha value is -4.78. The van der Waals surface area contributed by atoms with E-state index in [-0.39, 0.29) is 34.9 Å². The quantitative estimate of drug-likeness (QED) is 0.149. The van der Waals surface area contributed by atoms with Crippen LogP contribution in [0.2, 0.25) is 0 Å². The van der Waals surface area contributed by atoms with Gasteiger partial charge in [0.1, 0.15) is 11.4 Å². The van der Waals surface area contributed by atoms with Gasteiger partial charge in [0.25, 0.3) is 11.4 Å². The molecule has 0 saturated carbocycles. The molecule has 0 aliphatic rings. The molecule has 1 aromatic heterocycles. The molecular weight excluding hydrogens is 536 g/mol. The highest BCUT2D eigenvalue weighted by Crippen LogP contribution is 2.29. The van der Waals surface area contributed by atoms with Gasteiger partial charge < -0.3 is 17.0 Å². The van der Waals surface area contributed by atoms with E-state index in [9.17, 15) is 30.3 Å². The average molecular weight is 553 g/mol. The van der Waals surface area contributed by atoms with Gasteiger partial charge in [-0.25, -0.2) is 0 Å². The second-order valence-electron chi connectivity index (χ2n) is 7.39. The van der Waals surface area contributed by atoms with E-state index >= 15 is 0 Å². The number of nitrogens with one attached hydrogen (secondary N) is 1. The SMILES string of the molecule is O=[N+]([O-])c1cccc(/C(C[n+]2cccc3ccccc32)=N/Nc2ccc([N+](=O)[O-])cc2[N+](=O)[O-])c1.[Br-]. The molecule has 0 saturated heterocycles. The number of halogens is 1. The fraction of sp³-hybridized carbons (Fsp3) is 0.0435. The minimum atomic E-state index is -0.753. The van der Waals surface area contributed by atoms with E-state index in [1.54, 1.807) is 6.07 Å². The average Bonchev–Trinajstić information content (AvgIpc) is 2.86. The highest BCUT2D eigenvalue weighted by molar-refractivity contribution is 6.00. The lowest BCUT2D eigenvalue weighted by atomic mass is 10.1. The Bertz CT molecular complexity index is 1500. The second-order valence-corrected chi connectivity index (χ2v) is 7.39. The first-order valence-electron chi connectivity index (χ1n) is 10.2. The van der Waals surface area contributed by atoms with Crippen LogP contribution in [0.1, 0.15) is 5.56 Å². The van der Waals surface area contributed by atoms with Crippen molar-refractivity contribution in [3.8, 4) is 0 Å². The van der Waals surface area contributed by atoms with Crippen LogP contribution in [0.3, 0.4) is 0 Å². The predicted molar refractivity (Wildman–Crippen MR) is 127 cm³/mol. The minimum Gasteiger partial charge on any atom is -1.00 e. The van der Waals surface area contributed by atoms with Crippen LogP contribution >= 0.6 is 0 Å². The highest BCUT2D eigenvalue weighted by atomic mass is 79.9. The Morgan fingerprint density at radius 2 is 1.50 bits per heavy atom. The summed E-state index contributed by atoms with van der Waals surface area (Å²) in [4.78, 5) is 31.8. The summed E-state index contributed by atoms with van der Waals surface area (Å²) in [6.07, 6.45) is 1.82. The van der Waals surface area contributed by atoms with Crippen LogP contribution in [0.25, 0.3) is 10.9 Å². The first-order valence-corrected chi connectivity index (χ1v) is 10.2. The summed E-state index contributed by atoms with van der Waals surface area (Å²) in [5.74, 6) is 0. The number of non-ortho nitro benzene ring substituents is 2. The monoisotopic (exact) mass is 552 g/mol. The first-order chi connectivity index (χ1) is 16.8. The van der Waals surface area contributed by atoms with Crippen LogP contribution in [0.4, 0.5) is 22.7 Å². The third-order valence-electron chi connectivity index (χ3n) is 5.20. The van der Waals surface area contributed by atoms with Crippen LogP contribution in [-0.4, -0.2) is 20.5 Å². The molecular formula is C23H17BrN6O6. The van der Waals surface area contributed by atoms with E-state index in [1.165, 1.54) is 24.3 Å². The molecule has 0 fully saturated rings. The smallest absolute Gasteiger partial charge is 0.301 e. The maximum Gasteiger partial charge on any atom is 0.301 e. The number of nitrogens with zero attached hydrogens (tertiary/aromatic N) is 5. The molecule has 13 heteroatoms. The van der Waals surface area contributed by atoms with Crippen LogP contribution < -0.4 is 27.0 Å². The number of benzene rings is 3. The van der Waals surface area contributed by atoms with Gasteiger partial charge in [0.15, 0.2) is 12.7 Å². The van der Waals surface area contributed by atoms with Crippen LogP contribution in [0, 0.1) is 30.3 Å². The number of hydrazone groups is 1. The molecule has 182 valence electrons. The van der Waals surface area contributed by atoms with Crippen LogP contribution in [-0.2, 0) is 6.54 Å². The number of nitro groups is 3. The molecule has 0 bridgehead atoms. The lowest BCUT2D eigenvalue weighted by Gasteiger charge is -2.08. The molecule has 12 nitrogen and oxygen atoms in total. The van der Waals surface area contributed by atoms with Gasteiger partial charge in [0.05, 0.1) is 20.8 Å². The summed E-state index contributed by atoms with van der Waals surface area (Å²) in [6.45, 7) is 0.177. The number of aromatic nitrogens is 1. The fourth-order valence-corrected chi connectivity index (χ4v) is 3.52. The maximum absolute atomic E-state index is 11.5. The zero-order valence-electron chi connectivity index (χ0n) is 18.4. The van der Waals surface area contributed by atoms with Gasteiger partial charge in [-0.3, -0.25) is 35.8 Å². The third-order valence-corrected chi connectivity index (χ3v) is 5.20. The summed E-state index contributed by atoms with van der Waals surface area (Å²) < 4.78 is 1.89. The predicted octanol–water partition coefficient (Wildman–Crippen LogP) is 1.37. The number of rotatable bonds is 8. The lowest BCUT2D eigenvalue weighted by molar-refractivity contribution is -0.655. The molecule has 4 rings (SSSR count). The Labute approximate surface area is 213 Å². The van der Waals surface area contributed by atoms with Crippen molar-refractivity contribution in [2.75, 3.05) is 5.43 Å². The molecule has 0 aliphatic heterocycles. The van der Waals surface area contributed by atoms with Gasteiger partial charge in [-0.05, 0) is 18.2 Å². The van der Waals surface area contributed by atoms with Crippen LogP contribution in [0.15, 0.2) is 90.2 Å². The highest BCUT2D eigenvalue weighted by Gasteiger charge is 2.21. The van der Waals surface area contributed by atoms with Crippen molar-refractivity contribution >= 4 is 39.4 Å². The van der Waals surface area contributed by atoms with Crippen LogP contribution in [0.5, 0.6) is 0 Å². The second kappa shape index (κ2) is 11.1. The Kier molecular flexibility index (Phi) is 7.96. The van der Waals surface area contributed by atoms with E-state index in [2.05, 4.69) is 10.5 Å². The van der Waals surface area contributed by atoms with Gasteiger partial charge in [-0.1, -0.05) is 24.3 Å². The number of anilines is 1. The topological polar surface area (TPSA) is 158 Å². The van der Waals surface area contributed by atoms with Crippen molar-refractivity contribution in [2.45, 2.75) is 6.54 Å². The largest absolute Gasteiger partial charge is 1.00 e. The molecule has 0 aliphatic carbocycles. The molecule has 4 aromatic rings. The normalized spacial score (nSPS) is 10.9. The zero-order valence-corrected chi connectivity index (χ0v) is 19.9. The van der Waals surface area contributed by atoms with Crippen molar-refractivity contribution in [3.05, 3.63) is 121 Å². The van der Waals surface area contributed by atoms with Crippen molar-refractivity contribution in [1.82, 2.24) is 0 Å². The number of para-hydroxylation sites is 1. The molecule has 36 heavy (non-hydrogen) atoms. The summed E-state index contributed by atoms with van der Waals surface area (Å²) in [7, 11) is 0. The van der Waals surface area contributed by atoms with Gasteiger partial charge >= 0.3 is 5.69 Å². The Morgan fingerprint density at radius 3 is 2.22 bits per heavy atom. The summed E-state index contributed by atoms with van der Waals surface area (Å²) >= 11 is 0.